The highest BCUT2D eigenvalue weighted by atomic mass is 32.1. The topological polar surface area (TPSA) is 22.1 Å². The van der Waals surface area contributed by atoms with E-state index >= 15 is 0 Å². The Morgan fingerprint density at radius 3 is 2.58 bits per heavy atom. The summed E-state index contributed by atoms with van der Waals surface area (Å²) in [6, 6.07) is 17.7. The molecule has 0 saturated heterocycles. The molecule has 6 rings (SSSR count). The SMILES string of the molecule is Cc1cc2c(C3=CC4C=CC=CC4O3)cc(-c3cc(C(C)(C)C)c4ccccc4c3)nc2s1. The minimum absolute atomic E-state index is 0.0352. The third-order valence-electron chi connectivity index (χ3n) is 6.59. The Kier molecular flexibility index (Phi) is 4.60. The molecule has 2 aromatic heterocycles. The summed E-state index contributed by atoms with van der Waals surface area (Å²) < 4.78 is 6.41. The van der Waals surface area contributed by atoms with Gasteiger partial charge >= 0.3 is 0 Å². The van der Waals surface area contributed by atoms with Crippen molar-refractivity contribution in [3.63, 3.8) is 0 Å². The minimum Gasteiger partial charge on any atom is -0.485 e. The summed E-state index contributed by atoms with van der Waals surface area (Å²) in [5.74, 6) is 1.26. The first kappa shape index (κ1) is 20.4. The van der Waals surface area contributed by atoms with Crippen LogP contribution in [0.4, 0.5) is 0 Å². The van der Waals surface area contributed by atoms with Crippen molar-refractivity contribution in [1.82, 2.24) is 4.98 Å². The molecule has 2 unspecified atom stereocenters. The Hall–Kier alpha value is -3.17. The second-order valence-corrected chi connectivity index (χ2v) is 11.3. The van der Waals surface area contributed by atoms with E-state index in [-0.39, 0.29) is 11.5 Å². The van der Waals surface area contributed by atoms with E-state index in [0.29, 0.717) is 5.92 Å². The van der Waals surface area contributed by atoms with Crippen molar-refractivity contribution in [3.8, 4) is 11.3 Å². The van der Waals surface area contributed by atoms with E-state index in [2.05, 4.69) is 107 Å². The van der Waals surface area contributed by atoms with Gasteiger partial charge in [0.2, 0.25) is 0 Å². The number of rotatable bonds is 2. The molecular weight excluding hydrogens is 422 g/mol. The lowest BCUT2D eigenvalue weighted by atomic mass is 9.82. The van der Waals surface area contributed by atoms with Crippen LogP contribution < -0.4 is 0 Å². The summed E-state index contributed by atoms with van der Waals surface area (Å²) >= 11 is 1.75. The highest BCUT2D eigenvalue weighted by Crippen LogP contribution is 2.41. The number of hydrogen-bond donors (Lipinski definition) is 0. The molecule has 1 aliphatic heterocycles. The lowest BCUT2D eigenvalue weighted by molar-refractivity contribution is 0.213. The van der Waals surface area contributed by atoms with Crippen LogP contribution in [0.5, 0.6) is 0 Å². The molecule has 0 N–H and O–H groups in total. The standard InChI is InChI=1S/C30H27NOS/c1-18-13-24-23(28-16-20-10-6-8-12-27(20)32-28)17-26(31-29(24)33-18)21-14-19-9-5-7-11-22(19)25(15-21)30(2,3)4/h5-17,20,27H,1-4H3. The van der Waals surface area contributed by atoms with Crippen molar-refractivity contribution in [2.24, 2.45) is 5.92 Å². The summed E-state index contributed by atoms with van der Waals surface area (Å²) in [4.78, 5) is 7.46. The second-order valence-electron chi connectivity index (χ2n) is 10.1. The van der Waals surface area contributed by atoms with Crippen molar-refractivity contribution in [2.75, 3.05) is 0 Å². The zero-order valence-electron chi connectivity index (χ0n) is 19.4. The number of pyridine rings is 1. The number of ether oxygens (including phenoxy) is 1. The highest BCUT2D eigenvalue weighted by molar-refractivity contribution is 7.18. The van der Waals surface area contributed by atoms with Gasteiger partial charge in [-0.15, -0.1) is 11.3 Å². The van der Waals surface area contributed by atoms with Gasteiger partial charge in [-0.3, -0.25) is 0 Å². The number of allylic oxidation sites excluding steroid dienone is 2. The molecule has 0 spiro atoms. The number of nitrogens with zero attached hydrogens (tertiary/aromatic N) is 1. The van der Waals surface area contributed by atoms with Crippen LogP contribution in [0, 0.1) is 12.8 Å². The van der Waals surface area contributed by atoms with Gasteiger partial charge in [0.1, 0.15) is 16.7 Å². The highest BCUT2D eigenvalue weighted by Gasteiger charge is 2.29. The molecule has 4 aromatic rings. The van der Waals surface area contributed by atoms with E-state index in [1.54, 1.807) is 11.3 Å². The summed E-state index contributed by atoms with van der Waals surface area (Å²) in [5, 5.41) is 3.74. The summed E-state index contributed by atoms with van der Waals surface area (Å²) in [6.45, 7) is 8.99. The fourth-order valence-corrected chi connectivity index (χ4v) is 5.86. The summed E-state index contributed by atoms with van der Waals surface area (Å²) in [6.07, 6.45) is 10.9. The Morgan fingerprint density at radius 2 is 1.76 bits per heavy atom. The maximum atomic E-state index is 6.41. The van der Waals surface area contributed by atoms with Gasteiger partial charge in [-0.1, -0.05) is 63.3 Å². The lowest BCUT2D eigenvalue weighted by Gasteiger charge is -2.23. The van der Waals surface area contributed by atoms with Crippen LogP contribution in [0.1, 0.15) is 36.8 Å². The van der Waals surface area contributed by atoms with Gasteiger partial charge < -0.3 is 4.74 Å². The van der Waals surface area contributed by atoms with E-state index in [0.717, 1.165) is 27.4 Å². The molecule has 2 nitrogen and oxygen atoms in total. The van der Waals surface area contributed by atoms with E-state index in [9.17, 15) is 0 Å². The quantitative estimate of drug-likeness (QED) is 0.308. The van der Waals surface area contributed by atoms with Gasteiger partial charge in [-0.25, -0.2) is 4.98 Å². The average molecular weight is 450 g/mol. The van der Waals surface area contributed by atoms with Crippen LogP contribution in [0.2, 0.25) is 0 Å². The molecule has 2 atom stereocenters. The first-order chi connectivity index (χ1) is 15.9. The van der Waals surface area contributed by atoms with Crippen LogP contribution in [0.25, 0.3) is 38.0 Å². The van der Waals surface area contributed by atoms with Crippen LogP contribution in [-0.2, 0) is 10.2 Å². The normalized spacial score (nSPS) is 19.7. The predicted molar refractivity (Wildman–Crippen MR) is 141 cm³/mol. The zero-order valence-corrected chi connectivity index (χ0v) is 20.2. The first-order valence-corrected chi connectivity index (χ1v) is 12.4. The monoisotopic (exact) mass is 449 g/mol. The maximum Gasteiger partial charge on any atom is 0.127 e. The minimum atomic E-state index is 0.0352. The van der Waals surface area contributed by atoms with Gasteiger partial charge in [0.25, 0.3) is 0 Å². The van der Waals surface area contributed by atoms with Crippen molar-refractivity contribution in [3.05, 3.63) is 94.9 Å². The molecule has 0 bridgehead atoms. The number of hydrogen-bond acceptors (Lipinski definition) is 3. The molecule has 0 amide bonds. The maximum absolute atomic E-state index is 6.41. The fourth-order valence-electron chi connectivity index (χ4n) is 4.95. The molecule has 3 heteroatoms. The van der Waals surface area contributed by atoms with Gasteiger partial charge in [0.05, 0.1) is 5.69 Å². The van der Waals surface area contributed by atoms with Crippen LogP contribution in [-0.4, -0.2) is 11.1 Å². The third-order valence-corrected chi connectivity index (χ3v) is 7.54. The van der Waals surface area contributed by atoms with Gasteiger partial charge in [-0.2, -0.15) is 0 Å². The Morgan fingerprint density at radius 1 is 0.939 bits per heavy atom. The lowest BCUT2D eigenvalue weighted by Crippen LogP contribution is -2.13. The van der Waals surface area contributed by atoms with Gasteiger partial charge in [0, 0.05) is 27.3 Å². The molecule has 2 aromatic carbocycles. The second kappa shape index (κ2) is 7.43. The molecular formula is C30H27NOS. The molecule has 0 fully saturated rings. The van der Waals surface area contributed by atoms with Crippen LogP contribution >= 0.6 is 11.3 Å². The predicted octanol–water partition coefficient (Wildman–Crippen LogP) is 8.20. The molecule has 33 heavy (non-hydrogen) atoms. The van der Waals surface area contributed by atoms with Crippen molar-refractivity contribution in [1.29, 1.82) is 0 Å². The van der Waals surface area contributed by atoms with Crippen molar-refractivity contribution < 1.29 is 4.74 Å². The van der Waals surface area contributed by atoms with Crippen molar-refractivity contribution >= 4 is 38.1 Å². The summed E-state index contributed by atoms with van der Waals surface area (Å²) in [7, 11) is 0. The van der Waals surface area contributed by atoms with Crippen LogP contribution in [0.3, 0.4) is 0 Å². The van der Waals surface area contributed by atoms with Crippen LogP contribution in [0.15, 0.2) is 78.9 Å². The third kappa shape index (κ3) is 3.52. The smallest absolute Gasteiger partial charge is 0.127 e. The van der Waals surface area contributed by atoms with Gasteiger partial charge in [0.15, 0.2) is 0 Å². The Balaban J connectivity index is 1.57. The number of fused-ring (bicyclic) bond motifs is 3. The molecule has 164 valence electrons. The average Bonchev–Trinajstić information content (AvgIpc) is 3.39. The van der Waals surface area contributed by atoms with Gasteiger partial charge in [-0.05, 0) is 65.1 Å². The van der Waals surface area contributed by atoms with E-state index in [1.807, 2.05) is 0 Å². The largest absolute Gasteiger partial charge is 0.485 e. The number of aromatic nitrogens is 1. The van der Waals surface area contributed by atoms with Crippen molar-refractivity contribution in [2.45, 2.75) is 39.2 Å². The number of benzene rings is 2. The Bertz CT molecular complexity index is 1500. The molecule has 3 heterocycles. The molecule has 1 aliphatic carbocycles. The number of thiophene rings is 1. The summed E-state index contributed by atoms with van der Waals surface area (Å²) in [5.41, 5.74) is 4.68. The molecule has 2 aliphatic rings. The van der Waals surface area contributed by atoms with E-state index in [4.69, 9.17) is 9.72 Å². The van der Waals surface area contributed by atoms with E-state index < -0.39 is 0 Å². The number of aryl methyl sites for hydroxylation is 1. The Labute approximate surface area is 198 Å². The molecule has 0 saturated carbocycles. The molecule has 0 radical (unpaired) electrons. The first-order valence-electron chi connectivity index (χ1n) is 11.6. The fraction of sp³-hybridized carbons (Fsp3) is 0.233. The zero-order chi connectivity index (χ0) is 22.7. The van der Waals surface area contributed by atoms with E-state index in [1.165, 1.54) is 26.6 Å².